The first-order chi connectivity index (χ1) is 14.7. The largest absolute Gasteiger partial charge is 0.449 e. The van der Waals surface area contributed by atoms with Crippen molar-refractivity contribution in [1.82, 2.24) is 9.21 Å². The average molecular weight is 453 g/mol. The molecule has 31 heavy (non-hydrogen) atoms. The fraction of sp³-hybridized carbons (Fsp3) is 0.636. The summed E-state index contributed by atoms with van der Waals surface area (Å²) in [6.07, 6.45) is 2.55. The van der Waals surface area contributed by atoms with Crippen molar-refractivity contribution in [1.29, 1.82) is 0 Å². The second-order valence-electron chi connectivity index (χ2n) is 8.39. The van der Waals surface area contributed by atoms with Crippen molar-refractivity contribution in [3.05, 3.63) is 29.8 Å². The number of benzene rings is 1. The number of rotatable bonds is 5. The number of esters is 1. The number of hydrogen-bond acceptors (Lipinski definition) is 6. The van der Waals surface area contributed by atoms with E-state index in [1.165, 1.54) is 35.5 Å². The minimum absolute atomic E-state index is 0.0682. The third-order valence-electron chi connectivity index (χ3n) is 5.64. The van der Waals surface area contributed by atoms with Crippen molar-refractivity contribution in [2.75, 3.05) is 26.2 Å². The van der Waals surface area contributed by atoms with Crippen LogP contribution < -0.4 is 0 Å². The van der Waals surface area contributed by atoms with Crippen LogP contribution in [0, 0.1) is 0 Å². The van der Waals surface area contributed by atoms with Crippen LogP contribution in [0.3, 0.4) is 0 Å². The maximum Gasteiger partial charge on any atom is 0.338 e. The lowest BCUT2D eigenvalue weighted by Gasteiger charge is -2.36. The number of nitrogens with zero attached hydrogens (tertiary/aromatic N) is 2. The highest BCUT2D eigenvalue weighted by molar-refractivity contribution is 7.89. The van der Waals surface area contributed by atoms with Crippen LogP contribution in [0.4, 0.5) is 0 Å². The predicted molar refractivity (Wildman–Crippen MR) is 115 cm³/mol. The van der Waals surface area contributed by atoms with Crippen LogP contribution in [0.5, 0.6) is 0 Å². The van der Waals surface area contributed by atoms with Crippen LogP contribution in [0.15, 0.2) is 29.2 Å². The van der Waals surface area contributed by atoms with Gasteiger partial charge in [0, 0.05) is 26.2 Å². The van der Waals surface area contributed by atoms with E-state index in [9.17, 15) is 18.0 Å². The highest BCUT2D eigenvalue weighted by atomic mass is 32.2. The van der Waals surface area contributed by atoms with Gasteiger partial charge in [0.15, 0.2) is 6.10 Å². The number of ether oxygens (including phenoxy) is 2. The quantitative estimate of drug-likeness (QED) is 0.637. The van der Waals surface area contributed by atoms with Gasteiger partial charge in [-0.2, -0.15) is 4.31 Å². The van der Waals surface area contributed by atoms with Crippen LogP contribution in [0.25, 0.3) is 0 Å². The molecule has 0 saturated carbocycles. The average Bonchev–Trinajstić information content (AvgIpc) is 3.02. The molecule has 1 aromatic carbocycles. The van der Waals surface area contributed by atoms with E-state index in [4.69, 9.17) is 9.47 Å². The summed E-state index contributed by atoms with van der Waals surface area (Å²) in [5.41, 5.74) is 0.110. The molecule has 1 aromatic rings. The summed E-state index contributed by atoms with van der Waals surface area (Å²) < 4.78 is 38.5. The van der Waals surface area contributed by atoms with E-state index in [2.05, 4.69) is 0 Å². The van der Waals surface area contributed by atoms with Gasteiger partial charge in [-0.1, -0.05) is 18.9 Å². The first kappa shape index (κ1) is 23.7. The van der Waals surface area contributed by atoms with E-state index >= 15 is 0 Å². The third kappa shape index (κ3) is 5.84. The number of amides is 1. The van der Waals surface area contributed by atoms with Gasteiger partial charge in [-0.05, 0) is 51.8 Å². The Morgan fingerprint density at radius 2 is 1.68 bits per heavy atom. The molecule has 3 rings (SSSR count). The number of morpholine rings is 1. The van der Waals surface area contributed by atoms with E-state index in [1.54, 1.807) is 4.90 Å². The van der Waals surface area contributed by atoms with E-state index in [0.717, 1.165) is 25.7 Å². The number of sulfonamides is 1. The van der Waals surface area contributed by atoms with Gasteiger partial charge in [0.2, 0.25) is 10.0 Å². The molecular weight excluding hydrogens is 420 g/mol. The predicted octanol–water partition coefficient (Wildman–Crippen LogP) is 2.43. The van der Waals surface area contributed by atoms with Gasteiger partial charge in [-0.3, -0.25) is 4.79 Å². The summed E-state index contributed by atoms with van der Waals surface area (Å²) >= 11 is 0. The normalized spacial score (nSPS) is 24.3. The van der Waals surface area contributed by atoms with Gasteiger partial charge in [0.05, 0.1) is 22.7 Å². The molecule has 2 aliphatic heterocycles. The summed E-state index contributed by atoms with van der Waals surface area (Å²) in [6.45, 7) is 7.16. The molecular formula is C22H32N2O6S. The van der Waals surface area contributed by atoms with Gasteiger partial charge >= 0.3 is 5.97 Å². The number of hydrogen-bond donors (Lipinski definition) is 0. The second-order valence-corrected chi connectivity index (χ2v) is 10.3. The smallest absolute Gasteiger partial charge is 0.338 e. The third-order valence-corrected chi connectivity index (χ3v) is 7.53. The molecule has 8 nitrogen and oxygen atoms in total. The molecule has 0 aliphatic carbocycles. The maximum absolute atomic E-state index is 13.0. The van der Waals surface area contributed by atoms with Crippen LogP contribution in [0.1, 0.15) is 56.8 Å². The van der Waals surface area contributed by atoms with E-state index in [-0.39, 0.29) is 28.6 Å². The topological polar surface area (TPSA) is 93.2 Å². The summed E-state index contributed by atoms with van der Waals surface area (Å²) in [7, 11) is -3.68. The Balaban J connectivity index is 1.69. The molecule has 3 unspecified atom stereocenters. The van der Waals surface area contributed by atoms with Crippen LogP contribution >= 0.6 is 0 Å². The lowest BCUT2D eigenvalue weighted by molar-refractivity contribution is -0.151. The van der Waals surface area contributed by atoms with Crippen molar-refractivity contribution >= 4 is 21.9 Å². The maximum atomic E-state index is 13.0. The van der Waals surface area contributed by atoms with Crippen molar-refractivity contribution in [2.45, 2.75) is 69.7 Å². The first-order valence-electron chi connectivity index (χ1n) is 10.9. The lowest BCUT2D eigenvalue weighted by atomic mass is 10.2. The van der Waals surface area contributed by atoms with Crippen molar-refractivity contribution in [3.63, 3.8) is 0 Å². The highest BCUT2D eigenvalue weighted by Crippen LogP contribution is 2.22. The number of carbonyl (C=O) groups excluding carboxylic acids is 2. The van der Waals surface area contributed by atoms with Crippen LogP contribution in [0.2, 0.25) is 0 Å². The van der Waals surface area contributed by atoms with E-state index in [1.807, 2.05) is 13.8 Å². The molecule has 2 fully saturated rings. The van der Waals surface area contributed by atoms with Crippen LogP contribution in [-0.2, 0) is 24.3 Å². The Hall–Kier alpha value is -1.97. The summed E-state index contributed by atoms with van der Waals surface area (Å²) in [5.74, 6) is -1.01. The monoisotopic (exact) mass is 452 g/mol. The Kier molecular flexibility index (Phi) is 7.72. The standard InChI is InChI=1S/C22H32N2O6S/c1-16-14-23(15-17(2)29-16)21(25)18(3)30-22(26)19-9-8-10-20(13-19)31(27,28)24-11-6-4-5-7-12-24/h8-10,13,16-18H,4-7,11-12,14-15H2,1-3H3. The van der Waals surface area contributed by atoms with Gasteiger partial charge < -0.3 is 14.4 Å². The summed E-state index contributed by atoms with van der Waals surface area (Å²) in [5, 5.41) is 0. The number of carbonyl (C=O) groups is 2. The van der Waals surface area contributed by atoms with Gasteiger partial charge in [0.1, 0.15) is 0 Å². The molecule has 1 amide bonds. The molecule has 9 heteroatoms. The molecule has 2 saturated heterocycles. The molecule has 2 aliphatic rings. The zero-order chi connectivity index (χ0) is 22.6. The zero-order valence-electron chi connectivity index (χ0n) is 18.5. The molecule has 172 valence electrons. The molecule has 2 heterocycles. The minimum atomic E-state index is -3.68. The van der Waals surface area contributed by atoms with Gasteiger partial charge in [-0.15, -0.1) is 0 Å². The summed E-state index contributed by atoms with van der Waals surface area (Å²) in [4.78, 5) is 27.1. The van der Waals surface area contributed by atoms with Crippen molar-refractivity contribution in [3.8, 4) is 0 Å². The molecule has 0 N–H and O–H groups in total. The van der Waals surface area contributed by atoms with Gasteiger partial charge in [-0.25, -0.2) is 13.2 Å². The summed E-state index contributed by atoms with van der Waals surface area (Å²) in [6, 6.07) is 5.85. The van der Waals surface area contributed by atoms with E-state index < -0.39 is 22.1 Å². The fourth-order valence-corrected chi connectivity index (χ4v) is 5.67. The molecule has 0 spiro atoms. The minimum Gasteiger partial charge on any atom is -0.449 e. The molecule has 0 bridgehead atoms. The Labute approximate surface area is 184 Å². The Bertz CT molecular complexity index is 885. The molecule has 0 aromatic heterocycles. The first-order valence-corrected chi connectivity index (χ1v) is 12.4. The molecule has 3 atom stereocenters. The molecule has 0 radical (unpaired) electrons. The Morgan fingerprint density at radius 1 is 1.06 bits per heavy atom. The highest BCUT2D eigenvalue weighted by Gasteiger charge is 2.31. The SMILES string of the molecule is CC1CN(C(=O)C(C)OC(=O)c2cccc(S(=O)(=O)N3CCCCCC3)c2)CC(C)O1. The van der Waals surface area contributed by atoms with Crippen molar-refractivity contribution < 1.29 is 27.5 Å². The zero-order valence-corrected chi connectivity index (χ0v) is 19.3. The van der Waals surface area contributed by atoms with Gasteiger partial charge in [0.25, 0.3) is 5.91 Å². The van der Waals surface area contributed by atoms with Crippen LogP contribution in [-0.4, -0.2) is 74.0 Å². The lowest BCUT2D eigenvalue weighted by Crippen LogP contribution is -2.51. The Morgan fingerprint density at radius 3 is 2.29 bits per heavy atom. The second kappa shape index (κ2) is 10.1. The van der Waals surface area contributed by atoms with Crippen molar-refractivity contribution in [2.24, 2.45) is 0 Å². The fourth-order valence-electron chi connectivity index (χ4n) is 4.11. The van der Waals surface area contributed by atoms with E-state index in [0.29, 0.717) is 26.2 Å².